The average Bonchev–Trinajstić information content (AvgIpc) is 2.90. The van der Waals surface area contributed by atoms with Gasteiger partial charge in [0.2, 0.25) is 0 Å². The second-order valence-electron chi connectivity index (χ2n) is 4.58. The van der Waals surface area contributed by atoms with Crippen molar-refractivity contribution >= 4 is 22.6 Å². The summed E-state index contributed by atoms with van der Waals surface area (Å²) in [5, 5.41) is 10.9. The third kappa shape index (κ3) is 2.16. The molecule has 4 heteroatoms. The highest BCUT2D eigenvalue weighted by molar-refractivity contribution is 6.08. The second-order valence-corrected chi connectivity index (χ2v) is 4.58. The van der Waals surface area contributed by atoms with Crippen molar-refractivity contribution < 1.29 is 4.79 Å². The lowest BCUT2D eigenvalue weighted by atomic mass is 10.0. The molecular formula is C16H15N3O. The molecule has 0 aliphatic heterocycles. The van der Waals surface area contributed by atoms with Crippen LogP contribution in [0.2, 0.25) is 0 Å². The van der Waals surface area contributed by atoms with Gasteiger partial charge in [0.15, 0.2) is 5.82 Å². The van der Waals surface area contributed by atoms with Crippen molar-refractivity contribution in [1.29, 1.82) is 0 Å². The molecule has 1 heterocycles. The fourth-order valence-corrected chi connectivity index (χ4v) is 2.28. The third-order valence-corrected chi connectivity index (χ3v) is 3.35. The Morgan fingerprint density at radius 2 is 1.90 bits per heavy atom. The predicted octanol–water partition coefficient (Wildman–Crippen LogP) is 3.38. The molecule has 100 valence electrons. The number of nitrogens with one attached hydrogen (secondary N) is 2. The van der Waals surface area contributed by atoms with E-state index in [2.05, 4.69) is 15.5 Å². The molecule has 0 bridgehead atoms. The molecule has 3 aromatic rings. The van der Waals surface area contributed by atoms with Gasteiger partial charge in [-0.3, -0.25) is 9.89 Å². The Bertz CT molecular complexity index is 761. The van der Waals surface area contributed by atoms with Crippen molar-refractivity contribution in [3.8, 4) is 0 Å². The Kier molecular flexibility index (Phi) is 3.21. The molecule has 2 N–H and O–H groups in total. The number of fused-ring (bicyclic) bond motifs is 1. The van der Waals surface area contributed by atoms with Gasteiger partial charge in [-0.1, -0.05) is 37.3 Å². The molecule has 0 radical (unpaired) electrons. The summed E-state index contributed by atoms with van der Waals surface area (Å²) in [6.07, 6.45) is 0.824. The van der Waals surface area contributed by atoms with Crippen LogP contribution in [0.4, 0.5) is 5.82 Å². The lowest BCUT2D eigenvalue weighted by Crippen LogP contribution is -2.14. The van der Waals surface area contributed by atoms with Gasteiger partial charge in [0, 0.05) is 10.9 Å². The molecule has 1 amide bonds. The molecule has 1 aromatic heterocycles. The molecule has 0 atom stereocenters. The molecule has 4 nitrogen and oxygen atoms in total. The lowest BCUT2D eigenvalue weighted by molar-refractivity contribution is 0.102. The van der Waals surface area contributed by atoms with E-state index >= 15 is 0 Å². The highest BCUT2D eigenvalue weighted by atomic mass is 16.1. The first-order chi connectivity index (χ1) is 9.79. The Morgan fingerprint density at radius 1 is 1.15 bits per heavy atom. The van der Waals surface area contributed by atoms with Gasteiger partial charge >= 0.3 is 0 Å². The van der Waals surface area contributed by atoms with Gasteiger partial charge in [-0.25, -0.2) is 0 Å². The number of para-hydroxylation sites is 1. The summed E-state index contributed by atoms with van der Waals surface area (Å²) in [6.45, 7) is 2.04. The van der Waals surface area contributed by atoms with Crippen LogP contribution in [0.15, 0.2) is 48.5 Å². The standard InChI is InChI=1S/C16H15N3O/c1-2-11-7-3-4-8-12(11)16(20)17-15-13-9-5-6-10-14(13)18-19-15/h3-10H,2H2,1H3,(H2,17,18,19,20). The maximum Gasteiger partial charge on any atom is 0.257 e. The van der Waals surface area contributed by atoms with E-state index in [4.69, 9.17) is 0 Å². The average molecular weight is 265 g/mol. The van der Waals surface area contributed by atoms with Crippen LogP contribution in [0.1, 0.15) is 22.8 Å². The van der Waals surface area contributed by atoms with E-state index in [0.29, 0.717) is 11.4 Å². The maximum absolute atomic E-state index is 12.4. The molecule has 0 unspecified atom stereocenters. The number of nitrogens with zero attached hydrogens (tertiary/aromatic N) is 1. The molecular weight excluding hydrogens is 250 g/mol. The number of aromatic nitrogens is 2. The van der Waals surface area contributed by atoms with Crippen molar-refractivity contribution in [1.82, 2.24) is 10.2 Å². The largest absolute Gasteiger partial charge is 0.305 e. The van der Waals surface area contributed by atoms with Gasteiger partial charge in [-0.05, 0) is 30.2 Å². The van der Waals surface area contributed by atoms with Gasteiger partial charge < -0.3 is 5.32 Å². The molecule has 0 aliphatic carbocycles. The molecule has 20 heavy (non-hydrogen) atoms. The Morgan fingerprint density at radius 3 is 2.75 bits per heavy atom. The Labute approximate surface area is 116 Å². The first kappa shape index (κ1) is 12.4. The highest BCUT2D eigenvalue weighted by Gasteiger charge is 2.13. The number of aromatic amines is 1. The first-order valence-electron chi connectivity index (χ1n) is 6.62. The number of carbonyl (C=O) groups is 1. The fraction of sp³-hybridized carbons (Fsp3) is 0.125. The summed E-state index contributed by atoms with van der Waals surface area (Å²) in [5.74, 6) is 0.441. The molecule has 0 aliphatic rings. The number of aryl methyl sites for hydroxylation is 1. The monoisotopic (exact) mass is 265 g/mol. The summed E-state index contributed by atoms with van der Waals surface area (Å²) >= 11 is 0. The minimum absolute atomic E-state index is 0.125. The predicted molar refractivity (Wildman–Crippen MR) is 79.9 cm³/mol. The summed E-state index contributed by atoms with van der Waals surface area (Å²) in [4.78, 5) is 12.4. The van der Waals surface area contributed by atoms with Gasteiger partial charge in [0.25, 0.3) is 5.91 Å². The van der Waals surface area contributed by atoms with Gasteiger partial charge in [0.1, 0.15) is 0 Å². The van der Waals surface area contributed by atoms with E-state index < -0.39 is 0 Å². The fourth-order valence-electron chi connectivity index (χ4n) is 2.28. The van der Waals surface area contributed by atoms with Gasteiger partial charge in [-0.15, -0.1) is 0 Å². The van der Waals surface area contributed by atoms with Crippen molar-refractivity contribution in [2.75, 3.05) is 5.32 Å². The van der Waals surface area contributed by atoms with Crippen molar-refractivity contribution in [2.45, 2.75) is 13.3 Å². The SMILES string of the molecule is CCc1ccccc1C(=O)Nc1n[nH]c2ccccc12. The van der Waals surface area contributed by atoms with Crippen LogP contribution in [0.3, 0.4) is 0 Å². The zero-order valence-electron chi connectivity index (χ0n) is 11.2. The quantitative estimate of drug-likeness (QED) is 0.762. The van der Waals surface area contributed by atoms with E-state index in [1.54, 1.807) is 0 Å². The van der Waals surface area contributed by atoms with Crippen molar-refractivity contribution in [2.24, 2.45) is 0 Å². The van der Waals surface area contributed by atoms with Crippen LogP contribution in [-0.2, 0) is 6.42 Å². The molecule has 2 aromatic carbocycles. The molecule has 3 rings (SSSR count). The molecule has 0 saturated carbocycles. The van der Waals surface area contributed by atoms with E-state index in [0.717, 1.165) is 22.9 Å². The van der Waals surface area contributed by atoms with Crippen LogP contribution >= 0.6 is 0 Å². The molecule has 0 saturated heterocycles. The summed E-state index contributed by atoms with van der Waals surface area (Å²) in [5.41, 5.74) is 2.64. The topological polar surface area (TPSA) is 57.8 Å². The maximum atomic E-state index is 12.4. The van der Waals surface area contributed by atoms with Crippen LogP contribution in [0.25, 0.3) is 10.9 Å². The zero-order chi connectivity index (χ0) is 13.9. The Hall–Kier alpha value is -2.62. The number of carbonyl (C=O) groups excluding carboxylic acids is 1. The number of hydrogen-bond acceptors (Lipinski definition) is 2. The molecule has 0 spiro atoms. The number of amides is 1. The van der Waals surface area contributed by atoms with Crippen LogP contribution in [0, 0.1) is 0 Å². The number of hydrogen-bond donors (Lipinski definition) is 2. The number of benzene rings is 2. The summed E-state index contributed by atoms with van der Waals surface area (Å²) in [6, 6.07) is 15.3. The van der Waals surface area contributed by atoms with Crippen molar-refractivity contribution in [3.63, 3.8) is 0 Å². The zero-order valence-corrected chi connectivity index (χ0v) is 11.2. The molecule has 0 fully saturated rings. The van der Waals surface area contributed by atoms with Crippen molar-refractivity contribution in [3.05, 3.63) is 59.7 Å². The van der Waals surface area contributed by atoms with Gasteiger partial charge in [0.05, 0.1) is 5.52 Å². The van der Waals surface area contributed by atoms with E-state index in [9.17, 15) is 4.79 Å². The first-order valence-corrected chi connectivity index (χ1v) is 6.62. The number of anilines is 1. The minimum Gasteiger partial charge on any atom is -0.305 e. The van der Waals surface area contributed by atoms with E-state index in [1.807, 2.05) is 55.5 Å². The van der Waals surface area contributed by atoms with E-state index in [1.165, 1.54) is 0 Å². The number of rotatable bonds is 3. The smallest absolute Gasteiger partial charge is 0.257 e. The summed E-state index contributed by atoms with van der Waals surface area (Å²) in [7, 11) is 0. The minimum atomic E-state index is -0.125. The normalized spacial score (nSPS) is 10.7. The third-order valence-electron chi connectivity index (χ3n) is 3.35. The lowest BCUT2D eigenvalue weighted by Gasteiger charge is -2.07. The summed E-state index contributed by atoms with van der Waals surface area (Å²) < 4.78 is 0. The highest BCUT2D eigenvalue weighted by Crippen LogP contribution is 2.20. The second kappa shape index (κ2) is 5.17. The van der Waals surface area contributed by atoms with E-state index in [-0.39, 0.29) is 5.91 Å². The van der Waals surface area contributed by atoms with Crippen LogP contribution in [0.5, 0.6) is 0 Å². The number of H-pyrrole nitrogens is 1. The van der Waals surface area contributed by atoms with Gasteiger partial charge in [-0.2, -0.15) is 5.10 Å². The van der Waals surface area contributed by atoms with Crippen LogP contribution in [-0.4, -0.2) is 16.1 Å². The Balaban J connectivity index is 1.93. The van der Waals surface area contributed by atoms with Crippen LogP contribution < -0.4 is 5.32 Å².